The fraction of sp³-hybridized carbons (Fsp3) is 0.680. The second-order valence-electron chi connectivity index (χ2n) is 8.76. The van der Waals surface area contributed by atoms with Gasteiger partial charge in [-0.2, -0.15) is 0 Å². The van der Waals surface area contributed by atoms with Gasteiger partial charge in [0, 0.05) is 5.92 Å². The van der Waals surface area contributed by atoms with Gasteiger partial charge in [-0.25, -0.2) is 8.78 Å². The molecule has 0 saturated heterocycles. The number of rotatable bonds is 4. The summed E-state index contributed by atoms with van der Waals surface area (Å²) < 4.78 is 29.2. The van der Waals surface area contributed by atoms with Gasteiger partial charge in [0.2, 0.25) is 0 Å². The van der Waals surface area contributed by atoms with Crippen LogP contribution in [0, 0.1) is 41.2 Å². The topological polar surface area (TPSA) is 0 Å². The van der Waals surface area contributed by atoms with E-state index < -0.39 is 11.6 Å². The van der Waals surface area contributed by atoms with Crippen LogP contribution >= 0.6 is 0 Å². The average Bonchev–Trinajstić information content (AvgIpc) is 2.68. The molecule has 0 unspecified atom stereocenters. The van der Waals surface area contributed by atoms with E-state index in [1.165, 1.54) is 44.9 Å². The van der Waals surface area contributed by atoms with Crippen LogP contribution in [0.15, 0.2) is 12.1 Å². The van der Waals surface area contributed by atoms with Gasteiger partial charge in [-0.1, -0.05) is 45.0 Å². The summed E-state index contributed by atoms with van der Waals surface area (Å²) in [5.41, 5.74) is 0.796. The lowest BCUT2D eigenvalue weighted by Crippen LogP contribution is -2.14. The molecule has 0 atom stereocenters. The third kappa shape index (κ3) is 5.34. The first-order valence-corrected chi connectivity index (χ1v) is 11.1. The van der Waals surface area contributed by atoms with Crippen LogP contribution in [0.25, 0.3) is 0 Å². The Morgan fingerprint density at radius 3 is 2.00 bits per heavy atom. The minimum absolute atomic E-state index is 0.0315. The molecule has 0 radical (unpaired) electrons. The van der Waals surface area contributed by atoms with E-state index in [-0.39, 0.29) is 5.56 Å². The SMILES string of the molecule is CCCC1CCC(c2cc(F)c(C#CC3CCC(CC)CC3)c(F)c2)CC1. The normalized spacial score (nSPS) is 28.4. The molecule has 0 nitrogen and oxygen atoms in total. The molecule has 27 heavy (non-hydrogen) atoms. The fourth-order valence-electron chi connectivity index (χ4n) is 5.03. The van der Waals surface area contributed by atoms with Crippen molar-refractivity contribution in [3.8, 4) is 11.8 Å². The minimum Gasteiger partial charge on any atom is -0.206 e. The Morgan fingerprint density at radius 2 is 1.44 bits per heavy atom. The Morgan fingerprint density at radius 1 is 0.852 bits per heavy atom. The summed E-state index contributed by atoms with van der Waals surface area (Å²) in [6.07, 6.45) is 12.7. The van der Waals surface area contributed by atoms with Crippen molar-refractivity contribution in [3.05, 3.63) is 34.9 Å². The molecule has 2 aliphatic carbocycles. The second kappa shape index (κ2) is 9.72. The van der Waals surface area contributed by atoms with Gasteiger partial charge in [0.25, 0.3) is 0 Å². The average molecular weight is 373 g/mol. The van der Waals surface area contributed by atoms with Gasteiger partial charge < -0.3 is 0 Å². The number of halogens is 2. The molecule has 2 fully saturated rings. The summed E-state index contributed by atoms with van der Waals surface area (Å²) >= 11 is 0. The Balaban J connectivity index is 1.65. The Hall–Kier alpha value is -1.36. The first-order chi connectivity index (χ1) is 13.1. The van der Waals surface area contributed by atoms with E-state index >= 15 is 0 Å². The highest BCUT2D eigenvalue weighted by Gasteiger charge is 2.24. The van der Waals surface area contributed by atoms with Gasteiger partial charge in [-0.3, -0.25) is 0 Å². The number of hydrogen-bond donors (Lipinski definition) is 0. The maximum Gasteiger partial charge on any atom is 0.142 e. The van der Waals surface area contributed by atoms with E-state index in [0.29, 0.717) is 11.8 Å². The summed E-state index contributed by atoms with van der Waals surface area (Å²) in [7, 11) is 0. The van der Waals surface area contributed by atoms with Crippen molar-refractivity contribution in [2.45, 2.75) is 90.4 Å². The van der Waals surface area contributed by atoms with E-state index in [1.807, 2.05) is 0 Å². The molecule has 2 heteroatoms. The third-order valence-corrected chi connectivity index (χ3v) is 6.90. The molecule has 3 rings (SSSR count). The van der Waals surface area contributed by atoms with Crippen molar-refractivity contribution in [1.82, 2.24) is 0 Å². The summed E-state index contributed by atoms with van der Waals surface area (Å²) in [6, 6.07) is 3.10. The van der Waals surface area contributed by atoms with Crippen molar-refractivity contribution < 1.29 is 8.78 Å². The maximum absolute atomic E-state index is 14.6. The summed E-state index contributed by atoms with van der Waals surface area (Å²) in [5, 5.41) is 0. The van der Waals surface area contributed by atoms with Crippen LogP contribution in [0.5, 0.6) is 0 Å². The summed E-state index contributed by atoms with van der Waals surface area (Å²) in [4.78, 5) is 0. The molecule has 1 aromatic carbocycles. The molecule has 148 valence electrons. The Kier molecular flexibility index (Phi) is 7.33. The molecule has 2 aliphatic rings. The van der Waals surface area contributed by atoms with E-state index in [1.54, 1.807) is 12.1 Å². The standard InChI is InChI=1S/C25H34F2/c1-3-5-19-10-13-21(14-11-19)22-16-24(26)23(25(27)17-22)15-12-20-8-6-18(4-2)7-9-20/h16-21H,3-11,13-14H2,1-2H3. The van der Waals surface area contributed by atoms with Crippen LogP contribution < -0.4 is 0 Å². The van der Waals surface area contributed by atoms with Crippen molar-refractivity contribution in [2.75, 3.05) is 0 Å². The molecule has 1 aromatic rings. The monoisotopic (exact) mass is 372 g/mol. The van der Waals surface area contributed by atoms with Crippen LogP contribution in [0.2, 0.25) is 0 Å². The van der Waals surface area contributed by atoms with Gasteiger partial charge in [-0.05, 0) is 86.8 Å². The zero-order chi connectivity index (χ0) is 19.2. The molecular weight excluding hydrogens is 338 g/mol. The molecule has 2 saturated carbocycles. The summed E-state index contributed by atoms with van der Waals surface area (Å²) in [6.45, 7) is 4.46. The van der Waals surface area contributed by atoms with Crippen molar-refractivity contribution >= 4 is 0 Å². The third-order valence-electron chi connectivity index (χ3n) is 6.90. The van der Waals surface area contributed by atoms with Gasteiger partial charge in [0.15, 0.2) is 0 Å². The maximum atomic E-state index is 14.6. The van der Waals surface area contributed by atoms with Crippen molar-refractivity contribution in [2.24, 2.45) is 17.8 Å². The predicted molar refractivity (Wildman–Crippen MR) is 109 cm³/mol. The largest absolute Gasteiger partial charge is 0.206 e. The molecule has 0 aromatic heterocycles. The number of benzene rings is 1. The number of hydrogen-bond acceptors (Lipinski definition) is 0. The molecule has 0 aliphatic heterocycles. The zero-order valence-electron chi connectivity index (χ0n) is 17.0. The Bertz CT molecular complexity index is 642. The molecular formula is C25H34F2. The fourth-order valence-corrected chi connectivity index (χ4v) is 5.03. The van der Waals surface area contributed by atoms with Crippen LogP contribution in [0.1, 0.15) is 102 Å². The van der Waals surface area contributed by atoms with E-state index in [0.717, 1.165) is 43.1 Å². The van der Waals surface area contributed by atoms with Crippen LogP contribution in [0.3, 0.4) is 0 Å². The molecule has 0 bridgehead atoms. The smallest absolute Gasteiger partial charge is 0.142 e. The van der Waals surface area contributed by atoms with Crippen LogP contribution in [-0.4, -0.2) is 0 Å². The molecule has 0 spiro atoms. The van der Waals surface area contributed by atoms with E-state index in [9.17, 15) is 8.78 Å². The first kappa shape index (κ1) is 20.4. The van der Waals surface area contributed by atoms with Crippen LogP contribution in [-0.2, 0) is 0 Å². The van der Waals surface area contributed by atoms with Gasteiger partial charge in [-0.15, -0.1) is 0 Å². The van der Waals surface area contributed by atoms with Gasteiger partial charge in [0.1, 0.15) is 11.6 Å². The minimum atomic E-state index is -0.476. The Labute approximate surface area is 164 Å². The highest BCUT2D eigenvalue weighted by atomic mass is 19.1. The highest BCUT2D eigenvalue weighted by molar-refractivity contribution is 5.40. The van der Waals surface area contributed by atoms with Gasteiger partial charge in [0.05, 0.1) is 5.56 Å². The van der Waals surface area contributed by atoms with Crippen molar-refractivity contribution in [3.63, 3.8) is 0 Å². The molecule has 0 N–H and O–H groups in total. The lowest BCUT2D eigenvalue weighted by atomic mass is 9.77. The van der Waals surface area contributed by atoms with Crippen molar-refractivity contribution in [1.29, 1.82) is 0 Å². The first-order valence-electron chi connectivity index (χ1n) is 11.1. The van der Waals surface area contributed by atoms with E-state index in [2.05, 4.69) is 25.7 Å². The predicted octanol–water partition coefficient (Wildman–Crippen LogP) is 7.61. The molecule has 0 heterocycles. The highest BCUT2D eigenvalue weighted by Crippen LogP contribution is 2.38. The lowest BCUT2D eigenvalue weighted by Gasteiger charge is -2.28. The van der Waals surface area contributed by atoms with Gasteiger partial charge >= 0.3 is 0 Å². The molecule has 0 amide bonds. The van der Waals surface area contributed by atoms with E-state index in [4.69, 9.17) is 0 Å². The quantitative estimate of drug-likeness (QED) is 0.477. The lowest BCUT2D eigenvalue weighted by molar-refractivity contribution is 0.307. The second-order valence-corrected chi connectivity index (χ2v) is 8.76. The zero-order valence-corrected chi connectivity index (χ0v) is 17.0. The van der Waals surface area contributed by atoms with Crippen LogP contribution in [0.4, 0.5) is 8.78 Å². The summed E-state index contributed by atoms with van der Waals surface area (Å²) in [5.74, 6) is 7.24.